The predicted molar refractivity (Wildman–Crippen MR) is 134 cm³/mol. The lowest BCUT2D eigenvalue weighted by atomic mass is 10.0. The Kier molecular flexibility index (Phi) is 6.75. The zero-order valence-corrected chi connectivity index (χ0v) is 20.5. The fourth-order valence-electron chi connectivity index (χ4n) is 2.94. The highest BCUT2D eigenvalue weighted by Gasteiger charge is 2.34. The molecule has 4 aromatic rings. The third kappa shape index (κ3) is 5.41. The Morgan fingerprint density at radius 2 is 1.19 bits per heavy atom. The highest BCUT2D eigenvalue weighted by molar-refractivity contribution is 6.67. The van der Waals surface area contributed by atoms with Crippen molar-refractivity contribution in [2.45, 2.75) is 7.59 Å². The van der Waals surface area contributed by atoms with Crippen molar-refractivity contribution < 1.29 is 0 Å². The maximum Gasteiger partial charge on any atom is 0.250 e. The second-order valence-corrected chi connectivity index (χ2v) is 11.2. The number of hydrogen-bond donors (Lipinski definition) is 0. The molecule has 0 saturated carbocycles. The number of nitrogens with zero attached hydrogens (tertiary/aromatic N) is 3. The van der Waals surface area contributed by atoms with Crippen molar-refractivity contribution in [3.05, 3.63) is 89.5 Å². The van der Waals surface area contributed by atoms with Crippen LogP contribution in [0, 0.1) is 11.8 Å². The molecule has 3 nitrogen and oxygen atoms in total. The molecule has 0 aliphatic heterocycles. The molecule has 0 amide bonds. The third-order valence-electron chi connectivity index (χ3n) is 4.42. The summed E-state index contributed by atoms with van der Waals surface area (Å²) in [5.41, 5.74) is 2.37. The minimum absolute atomic E-state index is 0.145. The molecule has 3 aromatic carbocycles. The molecule has 0 aliphatic carbocycles. The van der Waals surface area contributed by atoms with Crippen molar-refractivity contribution in [1.29, 1.82) is 0 Å². The van der Waals surface area contributed by atoms with Crippen LogP contribution in [0.2, 0.25) is 0 Å². The molecule has 32 heavy (non-hydrogen) atoms. The molecule has 0 N–H and O–H groups in total. The maximum absolute atomic E-state index is 5.94. The van der Waals surface area contributed by atoms with Crippen LogP contribution in [0.4, 0.5) is 0 Å². The lowest BCUT2D eigenvalue weighted by molar-refractivity contribution is 0.851. The van der Waals surface area contributed by atoms with Crippen LogP contribution in [-0.4, -0.2) is 15.0 Å². The molecule has 4 rings (SSSR count). The second kappa shape index (κ2) is 9.23. The quantitative estimate of drug-likeness (QED) is 0.183. The molecule has 0 saturated heterocycles. The van der Waals surface area contributed by atoms with Gasteiger partial charge in [-0.05, 0) is 41.1 Å². The van der Waals surface area contributed by atoms with Crippen LogP contribution in [0.5, 0.6) is 0 Å². The molecular weight excluding hydrogens is 531 g/mol. The van der Waals surface area contributed by atoms with E-state index in [9.17, 15) is 0 Å². The fourth-order valence-corrected chi connectivity index (χ4v) is 3.44. The molecule has 0 aliphatic rings. The monoisotopic (exact) mass is 539 g/mol. The fraction of sp³-hybridized carbons (Fsp3) is 0.0870. The number of fused-ring (bicyclic) bond motifs is 1. The number of aromatic nitrogens is 3. The predicted octanol–water partition coefficient (Wildman–Crippen LogP) is 7.75. The van der Waals surface area contributed by atoms with Gasteiger partial charge in [-0.2, -0.15) is 0 Å². The molecule has 0 unspecified atom stereocenters. The number of alkyl halides is 6. The molecule has 1 heterocycles. The zero-order valence-electron chi connectivity index (χ0n) is 16.0. The van der Waals surface area contributed by atoms with Gasteiger partial charge in [-0.15, -0.1) is 0 Å². The summed E-state index contributed by atoms with van der Waals surface area (Å²) in [6.07, 6.45) is 0. The number of benzene rings is 3. The lowest BCUT2D eigenvalue weighted by Gasteiger charge is -2.15. The van der Waals surface area contributed by atoms with Gasteiger partial charge < -0.3 is 0 Å². The van der Waals surface area contributed by atoms with Crippen LogP contribution in [-0.2, 0) is 7.59 Å². The number of hydrogen-bond acceptors (Lipinski definition) is 3. The van der Waals surface area contributed by atoms with E-state index in [0.29, 0.717) is 5.56 Å². The summed E-state index contributed by atoms with van der Waals surface area (Å²) in [4.78, 5) is 12.4. The van der Waals surface area contributed by atoms with Gasteiger partial charge in [0.1, 0.15) is 0 Å². The van der Waals surface area contributed by atoms with Gasteiger partial charge in [0.15, 0.2) is 17.5 Å². The second-order valence-electron chi connectivity index (χ2n) is 6.66. The molecular formula is C23H11Cl6N3. The maximum atomic E-state index is 5.94. The topological polar surface area (TPSA) is 38.7 Å². The Bertz CT molecular complexity index is 1310. The summed E-state index contributed by atoms with van der Waals surface area (Å²) in [7, 11) is 0. The van der Waals surface area contributed by atoms with Gasteiger partial charge in [0, 0.05) is 16.7 Å². The van der Waals surface area contributed by atoms with Crippen LogP contribution >= 0.6 is 69.6 Å². The smallest absolute Gasteiger partial charge is 0.209 e. The van der Waals surface area contributed by atoms with E-state index < -0.39 is 7.59 Å². The van der Waals surface area contributed by atoms with Crippen LogP contribution in [0.15, 0.2) is 66.7 Å². The minimum atomic E-state index is -1.91. The summed E-state index contributed by atoms with van der Waals surface area (Å²) >= 11 is 35.6. The van der Waals surface area contributed by atoms with E-state index in [1.54, 1.807) is 12.1 Å². The number of rotatable bonds is 1. The van der Waals surface area contributed by atoms with Crippen molar-refractivity contribution in [3.8, 4) is 23.2 Å². The van der Waals surface area contributed by atoms with Gasteiger partial charge in [0.05, 0.1) is 0 Å². The average Bonchev–Trinajstić information content (AvgIpc) is 2.76. The molecule has 0 bridgehead atoms. The average molecular weight is 542 g/mol. The summed E-state index contributed by atoms with van der Waals surface area (Å²) in [6.45, 7) is 0. The Morgan fingerprint density at radius 3 is 1.81 bits per heavy atom. The van der Waals surface area contributed by atoms with Gasteiger partial charge in [-0.1, -0.05) is 118 Å². The Labute approximate surface area is 214 Å². The highest BCUT2D eigenvalue weighted by Crippen LogP contribution is 2.40. The van der Waals surface area contributed by atoms with Crippen LogP contribution in [0.25, 0.3) is 22.2 Å². The van der Waals surface area contributed by atoms with Gasteiger partial charge in [-0.25, -0.2) is 15.0 Å². The first-order valence-corrected chi connectivity index (χ1v) is 11.4. The van der Waals surface area contributed by atoms with Gasteiger partial charge >= 0.3 is 0 Å². The normalized spacial score (nSPS) is 11.8. The van der Waals surface area contributed by atoms with Crippen molar-refractivity contribution in [1.82, 2.24) is 15.0 Å². The minimum Gasteiger partial charge on any atom is -0.209 e. The van der Waals surface area contributed by atoms with E-state index in [-0.39, 0.29) is 17.5 Å². The Balaban J connectivity index is 1.69. The number of halogens is 6. The first-order valence-electron chi connectivity index (χ1n) is 9.12. The van der Waals surface area contributed by atoms with Gasteiger partial charge in [0.2, 0.25) is 7.59 Å². The molecule has 160 valence electrons. The largest absolute Gasteiger partial charge is 0.250 e. The Morgan fingerprint density at radius 1 is 0.594 bits per heavy atom. The van der Waals surface area contributed by atoms with Crippen LogP contribution in [0.3, 0.4) is 0 Å². The summed E-state index contributed by atoms with van der Waals surface area (Å²) in [6, 6.07) is 21.4. The summed E-state index contributed by atoms with van der Waals surface area (Å²) in [5, 5.41) is 2.24. The van der Waals surface area contributed by atoms with E-state index >= 15 is 0 Å². The summed E-state index contributed by atoms with van der Waals surface area (Å²) < 4.78 is -3.82. The van der Waals surface area contributed by atoms with E-state index in [1.165, 1.54) is 0 Å². The lowest BCUT2D eigenvalue weighted by Crippen LogP contribution is -2.16. The standard InChI is InChI=1S/C23H11Cl6N3/c24-22(25,26)20-30-19(31-21(32-20)23(27,28)29)17-12-9-14(10-13-17)8-11-16-6-3-5-15-4-1-2-7-18(15)16/h1-7,9-10,12-13H. The van der Waals surface area contributed by atoms with Gasteiger partial charge in [0.25, 0.3) is 0 Å². The van der Waals surface area contributed by atoms with Crippen molar-refractivity contribution in [2.24, 2.45) is 0 Å². The third-order valence-corrected chi connectivity index (χ3v) is 5.43. The molecule has 0 atom stereocenters. The highest BCUT2D eigenvalue weighted by atomic mass is 35.6. The van der Waals surface area contributed by atoms with E-state index in [0.717, 1.165) is 21.9 Å². The van der Waals surface area contributed by atoms with E-state index in [2.05, 4.69) is 38.9 Å². The van der Waals surface area contributed by atoms with Gasteiger partial charge in [-0.3, -0.25) is 0 Å². The van der Waals surface area contributed by atoms with Crippen LogP contribution in [0.1, 0.15) is 22.8 Å². The molecule has 0 radical (unpaired) electrons. The van der Waals surface area contributed by atoms with Crippen LogP contribution < -0.4 is 0 Å². The molecule has 0 spiro atoms. The van der Waals surface area contributed by atoms with Crippen molar-refractivity contribution >= 4 is 80.4 Å². The zero-order chi connectivity index (χ0) is 22.9. The molecule has 9 heteroatoms. The SMILES string of the molecule is ClC(Cl)(Cl)c1nc(-c2ccc(C#Cc3cccc4ccccc34)cc2)nc(C(Cl)(Cl)Cl)n1. The van der Waals surface area contributed by atoms with E-state index in [4.69, 9.17) is 69.6 Å². The summed E-state index contributed by atoms with van der Waals surface area (Å²) in [5.74, 6) is 6.31. The molecule has 0 fully saturated rings. The van der Waals surface area contributed by atoms with Crippen molar-refractivity contribution in [2.75, 3.05) is 0 Å². The Hall–Kier alpha value is -1.77. The molecule has 1 aromatic heterocycles. The van der Waals surface area contributed by atoms with Crippen molar-refractivity contribution in [3.63, 3.8) is 0 Å². The van der Waals surface area contributed by atoms with E-state index in [1.807, 2.05) is 42.5 Å². The first kappa shape index (κ1) is 23.4. The first-order chi connectivity index (χ1) is 15.1.